The summed E-state index contributed by atoms with van der Waals surface area (Å²) >= 11 is 0. The minimum Gasteiger partial charge on any atom is -0.490 e. The van der Waals surface area contributed by atoms with E-state index < -0.39 is 0 Å². The van der Waals surface area contributed by atoms with E-state index in [1.165, 1.54) is 0 Å². The van der Waals surface area contributed by atoms with Crippen LogP contribution in [0.4, 0.5) is 0 Å². The van der Waals surface area contributed by atoms with Gasteiger partial charge >= 0.3 is 0 Å². The van der Waals surface area contributed by atoms with Gasteiger partial charge in [0.25, 0.3) is 11.5 Å². The molecular weight excluding hydrogens is 368 g/mol. The van der Waals surface area contributed by atoms with Crippen molar-refractivity contribution in [3.05, 3.63) is 69.5 Å². The number of rotatable bonds is 5. The van der Waals surface area contributed by atoms with Crippen molar-refractivity contribution >= 4 is 16.8 Å². The molecule has 3 aromatic rings. The van der Waals surface area contributed by atoms with Crippen molar-refractivity contribution in [2.45, 2.75) is 26.8 Å². The molecule has 0 radical (unpaired) electrons. The number of hydrogen-bond donors (Lipinski definition) is 1. The SMILES string of the molecule is CCOc1cc2c(cc1OCC)CN(C(=O)c1cc3ccccc3[nH]c1=O)CC2. The second kappa shape index (κ2) is 7.99. The lowest BCUT2D eigenvalue weighted by atomic mass is 9.98. The molecule has 0 aliphatic carbocycles. The molecule has 150 valence electrons. The predicted octanol–water partition coefficient (Wildman–Crippen LogP) is 3.52. The van der Waals surface area contributed by atoms with Crippen LogP contribution in [0.1, 0.15) is 35.3 Å². The summed E-state index contributed by atoms with van der Waals surface area (Å²) < 4.78 is 11.4. The van der Waals surface area contributed by atoms with Crippen molar-refractivity contribution < 1.29 is 14.3 Å². The van der Waals surface area contributed by atoms with Gasteiger partial charge in [-0.25, -0.2) is 0 Å². The number of nitrogens with zero attached hydrogens (tertiary/aromatic N) is 1. The lowest BCUT2D eigenvalue weighted by Crippen LogP contribution is -2.38. The largest absolute Gasteiger partial charge is 0.490 e. The third kappa shape index (κ3) is 3.70. The Morgan fingerprint density at radius 1 is 1.03 bits per heavy atom. The zero-order valence-corrected chi connectivity index (χ0v) is 16.7. The summed E-state index contributed by atoms with van der Waals surface area (Å²) in [5, 5.41) is 0.841. The number of amides is 1. The molecule has 1 aliphatic heterocycles. The summed E-state index contributed by atoms with van der Waals surface area (Å²) in [5.41, 5.74) is 2.70. The fourth-order valence-electron chi connectivity index (χ4n) is 3.75. The highest BCUT2D eigenvalue weighted by Gasteiger charge is 2.25. The van der Waals surface area contributed by atoms with Gasteiger partial charge in [-0.1, -0.05) is 18.2 Å². The van der Waals surface area contributed by atoms with Crippen LogP contribution in [-0.4, -0.2) is 35.5 Å². The first-order chi connectivity index (χ1) is 14.1. The second-order valence-electron chi connectivity index (χ2n) is 7.01. The Kier molecular flexibility index (Phi) is 5.25. The minimum atomic E-state index is -0.360. The summed E-state index contributed by atoms with van der Waals surface area (Å²) in [7, 11) is 0. The summed E-state index contributed by atoms with van der Waals surface area (Å²) in [6.07, 6.45) is 0.707. The van der Waals surface area contributed by atoms with Gasteiger partial charge in [0.15, 0.2) is 11.5 Å². The highest BCUT2D eigenvalue weighted by atomic mass is 16.5. The van der Waals surface area contributed by atoms with Gasteiger partial charge in [0.2, 0.25) is 0 Å². The maximum absolute atomic E-state index is 13.1. The number of carbonyl (C=O) groups excluding carboxylic acids is 1. The maximum Gasteiger partial charge on any atom is 0.261 e. The highest BCUT2D eigenvalue weighted by molar-refractivity contribution is 5.97. The number of fused-ring (bicyclic) bond motifs is 2. The van der Waals surface area contributed by atoms with Gasteiger partial charge < -0.3 is 19.4 Å². The monoisotopic (exact) mass is 392 g/mol. The van der Waals surface area contributed by atoms with Crippen LogP contribution in [0.15, 0.2) is 47.3 Å². The van der Waals surface area contributed by atoms with Gasteiger partial charge in [-0.05, 0) is 61.0 Å². The smallest absolute Gasteiger partial charge is 0.261 e. The Morgan fingerprint density at radius 3 is 2.45 bits per heavy atom. The lowest BCUT2D eigenvalue weighted by molar-refractivity contribution is 0.0732. The maximum atomic E-state index is 13.1. The third-order valence-corrected chi connectivity index (χ3v) is 5.15. The number of carbonyl (C=O) groups is 1. The van der Waals surface area contributed by atoms with Crippen LogP contribution in [0.25, 0.3) is 10.9 Å². The number of pyridine rings is 1. The van der Waals surface area contributed by atoms with E-state index in [1.54, 1.807) is 11.0 Å². The molecule has 1 amide bonds. The van der Waals surface area contributed by atoms with Crippen molar-refractivity contribution in [2.75, 3.05) is 19.8 Å². The molecule has 4 rings (SSSR count). The van der Waals surface area contributed by atoms with Crippen LogP contribution in [0.3, 0.4) is 0 Å². The molecule has 1 N–H and O–H groups in total. The Morgan fingerprint density at radius 2 is 1.72 bits per heavy atom. The van der Waals surface area contributed by atoms with Crippen molar-refractivity contribution in [1.29, 1.82) is 0 Å². The zero-order valence-electron chi connectivity index (χ0n) is 16.7. The number of nitrogens with one attached hydrogen (secondary N) is 1. The minimum absolute atomic E-state index is 0.170. The molecule has 0 spiro atoms. The van der Waals surface area contributed by atoms with Crippen LogP contribution in [0.5, 0.6) is 11.5 Å². The summed E-state index contributed by atoms with van der Waals surface area (Å²) in [5.74, 6) is 1.17. The number of H-pyrrole nitrogens is 1. The van der Waals surface area contributed by atoms with Crippen molar-refractivity contribution in [3.63, 3.8) is 0 Å². The Hall–Kier alpha value is -3.28. The van der Waals surface area contributed by atoms with E-state index in [9.17, 15) is 9.59 Å². The first-order valence-electron chi connectivity index (χ1n) is 9.93. The van der Waals surface area contributed by atoms with Gasteiger partial charge in [0.1, 0.15) is 5.56 Å². The second-order valence-corrected chi connectivity index (χ2v) is 7.01. The fourth-order valence-corrected chi connectivity index (χ4v) is 3.75. The number of para-hydroxylation sites is 1. The molecule has 29 heavy (non-hydrogen) atoms. The summed E-state index contributed by atoms with van der Waals surface area (Å²) in [6, 6.07) is 13.1. The van der Waals surface area contributed by atoms with Gasteiger partial charge in [-0.3, -0.25) is 9.59 Å². The van der Waals surface area contributed by atoms with Crippen molar-refractivity contribution in [2.24, 2.45) is 0 Å². The molecule has 1 aromatic heterocycles. The average Bonchev–Trinajstić information content (AvgIpc) is 2.73. The molecule has 0 fully saturated rings. The Bertz CT molecular complexity index is 1120. The Balaban J connectivity index is 1.64. The normalized spacial score (nSPS) is 13.2. The van der Waals surface area contributed by atoms with E-state index in [0.29, 0.717) is 38.5 Å². The third-order valence-electron chi connectivity index (χ3n) is 5.15. The van der Waals surface area contributed by atoms with Gasteiger partial charge in [0, 0.05) is 18.6 Å². The van der Waals surface area contributed by atoms with Crippen LogP contribution < -0.4 is 15.0 Å². The van der Waals surface area contributed by atoms with Crippen LogP contribution in [-0.2, 0) is 13.0 Å². The predicted molar refractivity (Wildman–Crippen MR) is 112 cm³/mol. The van der Waals surface area contributed by atoms with E-state index in [1.807, 2.05) is 50.2 Å². The molecule has 0 bridgehead atoms. The molecule has 2 aromatic carbocycles. The van der Waals surface area contributed by atoms with Crippen LogP contribution in [0.2, 0.25) is 0 Å². The van der Waals surface area contributed by atoms with Gasteiger partial charge in [-0.2, -0.15) is 0 Å². The van der Waals surface area contributed by atoms with E-state index in [2.05, 4.69) is 4.98 Å². The molecule has 0 atom stereocenters. The molecule has 6 nitrogen and oxygen atoms in total. The average molecular weight is 392 g/mol. The first kappa shape index (κ1) is 19.1. The van der Waals surface area contributed by atoms with Crippen LogP contribution >= 0.6 is 0 Å². The molecule has 0 unspecified atom stereocenters. The molecule has 0 saturated heterocycles. The summed E-state index contributed by atoms with van der Waals surface area (Å²) in [6.45, 7) is 5.96. The highest BCUT2D eigenvalue weighted by Crippen LogP contribution is 2.34. The van der Waals surface area contributed by atoms with E-state index in [-0.39, 0.29) is 17.0 Å². The number of ether oxygens (including phenoxy) is 2. The lowest BCUT2D eigenvalue weighted by Gasteiger charge is -2.29. The van der Waals surface area contributed by atoms with Crippen LogP contribution in [0, 0.1) is 0 Å². The first-order valence-corrected chi connectivity index (χ1v) is 9.93. The van der Waals surface area contributed by atoms with E-state index in [0.717, 1.165) is 27.8 Å². The zero-order chi connectivity index (χ0) is 20.4. The van der Waals surface area contributed by atoms with Crippen molar-refractivity contribution in [3.8, 4) is 11.5 Å². The molecule has 2 heterocycles. The van der Waals surface area contributed by atoms with Crippen molar-refractivity contribution in [1.82, 2.24) is 9.88 Å². The van der Waals surface area contributed by atoms with Gasteiger partial charge in [-0.15, -0.1) is 0 Å². The summed E-state index contributed by atoms with van der Waals surface area (Å²) in [4.78, 5) is 30.1. The quantitative estimate of drug-likeness (QED) is 0.721. The molecule has 0 saturated carbocycles. The Labute approximate surface area is 169 Å². The fraction of sp³-hybridized carbons (Fsp3) is 0.304. The number of hydrogen-bond acceptors (Lipinski definition) is 4. The number of benzene rings is 2. The molecule has 1 aliphatic rings. The molecular formula is C23H24N2O4. The van der Waals surface area contributed by atoms with Gasteiger partial charge in [0.05, 0.1) is 13.2 Å². The van der Waals surface area contributed by atoms with E-state index in [4.69, 9.17) is 9.47 Å². The standard InChI is InChI=1S/C23H24N2O4/c1-3-28-20-12-15-9-10-25(14-17(15)13-21(20)29-4-2)23(27)18-11-16-7-5-6-8-19(16)24-22(18)26/h5-8,11-13H,3-4,9-10,14H2,1-2H3,(H,24,26). The molecule has 6 heteroatoms. The topological polar surface area (TPSA) is 71.6 Å². The van der Waals surface area contributed by atoms with E-state index >= 15 is 0 Å². The number of aromatic nitrogens is 1. The number of aromatic amines is 1.